The highest BCUT2D eigenvalue weighted by atomic mass is 14.5. The van der Waals surface area contributed by atoms with E-state index in [1.54, 1.807) is 0 Å². The molecular formula is C49H28. The molecule has 0 aliphatic heterocycles. The molecule has 0 nitrogen and oxygen atoms in total. The molecule has 0 N–H and O–H groups in total. The number of rotatable bonds is 1. The van der Waals surface area contributed by atoms with E-state index < -0.39 is 5.41 Å². The molecule has 0 aromatic heterocycles. The minimum Gasteiger partial charge on any atom is -0.0619 e. The van der Waals surface area contributed by atoms with Crippen LogP contribution in [0, 0.1) is 0 Å². The Bertz CT molecular complexity index is 2860. The fourth-order valence-electron chi connectivity index (χ4n) is 9.89. The van der Waals surface area contributed by atoms with E-state index in [9.17, 15) is 0 Å². The molecule has 224 valence electrons. The molecule has 12 rings (SSSR count). The lowest BCUT2D eigenvalue weighted by Gasteiger charge is -2.31. The van der Waals surface area contributed by atoms with Crippen molar-refractivity contribution in [3.8, 4) is 55.6 Å². The zero-order valence-corrected chi connectivity index (χ0v) is 26.7. The van der Waals surface area contributed by atoms with E-state index in [-0.39, 0.29) is 0 Å². The standard InChI is InChI=1S/C49H28/c1-2-11-30-28-46-43(27-29(30)10-1)42-23-21-32-26-31(33-24-25-41-36-13-4-3-12-35(36)40-17-9-16-39(33)47(40)41)20-22-34(32)48(42)49(46)44-18-7-5-14-37(44)38-15-6-8-19-45(38)49/h1-28H. The Morgan fingerprint density at radius 2 is 0.878 bits per heavy atom. The fourth-order valence-corrected chi connectivity index (χ4v) is 9.89. The number of fused-ring (bicyclic) bond motifs is 16. The second-order valence-corrected chi connectivity index (χ2v) is 13.9. The summed E-state index contributed by atoms with van der Waals surface area (Å²) in [5.74, 6) is 0. The third-order valence-corrected chi connectivity index (χ3v) is 11.8. The predicted octanol–water partition coefficient (Wildman–Crippen LogP) is 12.8. The smallest absolute Gasteiger partial charge is 0.0619 e. The van der Waals surface area contributed by atoms with Gasteiger partial charge in [0.1, 0.15) is 0 Å². The lowest BCUT2D eigenvalue weighted by atomic mass is 9.69. The summed E-state index contributed by atoms with van der Waals surface area (Å²) in [5.41, 5.74) is 18.5. The Labute approximate surface area is 284 Å². The molecule has 3 aliphatic carbocycles. The molecule has 0 saturated heterocycles. The van der Waals surface area contributed by atoms with Crippen molar-refractivity contribution in [3.05, 3.63) is 192 Å². The van der Waals surface area contributed by atoms with Crippen LogP contribution >= 0.6 is 0 Å². The van der Waals surface area contributed by atoms with Crippen molar-refractivity contribution >= 4 is 32.3 Å². The quantitative estimate of drug-likeness (QED) is 0.172. The molecule has 0 fully saturated rings. The highest BCUT2D eigenvalue weighted by Gasteiger charge is 2.52. The van der Waals surface area contributed by atoms with Crippen molar-refractivity contribution in [1.29, 1.82) is 0 Å². The number of hydrogen-bond acceptors (Lipinski definition) is 0. The normalized spacial score (nSPS) is 13.9. The van der Waals surface area contributed by atoms with Gasteiger partial charge in [0.2, 0.25) is 0 Å². The average molecular weight is 617 g/mol. The summed E-state index contributed by atoms with van der Waals surface area (Å²) < 4.78 is 0. The van der Waals surface area contributed by atoms with Crippen LogP contribution in [0.15, 0.2) is 170 Å². The summed E-state index contributed by atoms with van der Waals surface area (Å²) in [5, 5.41) is 7.87. The molecule has 0 heterocycles. The SMILES string of the molecule is c1ccc2c(c1)-c1cccc3c(-c4ccc5c6c(ccc5c4)-c4cc5ccccc5cc4C64c5ccccc5-c5ccccc54)ccc-2c13. The van der Waals surface area contributed by atoms with Crippen LogP contribution < -0.4 is 0 Å². The molecule has 0 amide bonds. The van der Waals surface area contributed by atoms with Gasteiger partial charge in [-0.3, -0.25) is 0 Å². The number of hydrogen-bond donors (Lipinski definition) is 0. The largest absolute Gasteiger partial charge is 0.0731 e. The van der Waals surface area contributed by atoms with Gasteiger partial charge in [-0.1, -0.05) is 152 Å². The first-order chi connectivity index (χ1) is 24.3. The van der Waals surface area contributed by atoms with Gasteiger partial charge in [-0.05, 0) is 128 Å². The summed E-state index contributed by atoms with van der Waals surface area (Å²) >= 11 is 0. The molecule has 0 heteroatoms. The van der Waals surface area contributed by atoms with Crippen LogP contribution in [0.25, 0.3) is 88.0 Å². The Balaban J connectivity index is 1.16. The van der Waals surface area contributed by atoms with Gasteiger partial charge < -0.3 is 0 Å². The van der Waals surface area contributed by atoms with Crippen LogP contribution in [0.1, 0.15) is 22.3 Å². The van der Waals surface area contributed by atoms with Crippen LogP contribution in [0.4, 0.5) is 0 Å². The molecule has 0 saturated carbocycles. The Kier molecular flexibility index (Phi) is 4.74. The topological polar surface area (TPSA) is 0 Å². The van der Waals surface area contributed by atoms with E-state index in [4.69, 9.17) is 0 Å². The van der Waals surface area contributed by atoms with Gasteiger partial charge in [0.25, 0.3) is 0 Å². The first kappa shape index (κ1) is 25.8. The van der Waals surface area contributed by atoms with Crippen molar-refractivity contribution in [3.63, 3.8) is 0 Å². The van der Waals surface area contributed by atoms with Crippen molar-refractivity contribution in [2.75, 3.05) is 0 Å². The van der Waals surface area contributed by atoms with Crippen molar-refractivity contribution < 1.29 is 0 Å². The first-order valence-corrected chi connectivity index (χ1v) is 17.3. The third kappa shape index (κ3) is 3.07. The van der Waals surface area contributed by atoms with E-state index in [0.29, 0.717) is 0 Å². The second-order valence-electron chi connectivity index (χ2n) is 13.9. The fraction of sp³-hybridized carbons (Fsp3) is 0.0204. The summed E-state index contributed by atoms with van der Waals surface area (Å²) in [7, 11) is 0. The maximum absolute atomic E-state index is 2.48. The molecule has 49 heavy (non-hydrogen) atoms. The second kappa shape index (κ2) is 9.01. The van der Waals surface area contributed by atoms with Gasteiger partial charge in [0.05, 0.1) is 5.41 Å². The molecule has 3 aliphatic rings. The maximum atomic E-state index is 2.48. The molecule has 0 atom stereocenters. The highest BCUT2D eigenvalue weighted by molar-refractivity contribution is 6.19. The van der Waals surface area contributed by atoms with Crippen LogP contribution in [0.5, 0.6) is 0 Å². The highest BCUT2D eigenvalue weighted by Crippen LogP contribution is 2.64. The minimum atomic E-state index is -0.392. The van der Waals surface area contributed by atoms with Gasteiger partial charge in [0.15, 0.2) is 0 Å². The van der Waals surface area contributed by atoms with Gasteiger partial charge in [0, 0.05) is 0 Å². The van der Waals surface area contributed by atoms with Gasteiger partial charge in [-0.25, -0.2) is 0 Å². The summed E-state index contributed by atoms with van der Waals surface area (Å²) in [4.78, 5) is 0. The summed E-state index contributed by atoms with van der Waals surface area (Å²) in [6, 6.07) is 64.3. The van der Waals surface area contributed by atoms with E-state index in [1.165, 1.54) is 110 Å². The average Bonchev–Trinajstić information content (AvgIpc) is 3.76. The first-order valence-electron chi connectivity index (χ1n) is 17.3. The van der Waals surface area contributed by atoms with E-state index in [2.05, 4.69) is 170 Å². The van der Waals surface area contributed by atoms with Gasteiger partial charge in [-0.2, -0.15) is 0 Å². The summed E-state index contributed by atoms with van der Waals surface area (Å²) in [6.07, 6.45) is 0. The third-order valence-electron chi connectivity index (χ3n) is 11.8. The van der Waals surface area contributed by atoms with Crippen molar-refractivity contribution in [2.24, 2.45) is 0 Å². The Morgan fingerprint density at radius 3 is 1.63 bits per heavy atom. The minimum absolute atomic E-state index is 0.392. The van der Waals surface area contributed by atoms with E-state index in [1.807, 2.05) is 0 Å². The maximum Gasteiger partial charge on any atom is 0.0731 e. The van der Waals surface area contributed by atoms with Crippen LogP contribution in [0.2, 0.25) is 0 Å². The van der Waals surface area contributed by atoms with Crippen LogP contribution in [0.3, 0.4) is 0 Å². The lowest BCUT2D eigenvalue weighted by molar-refractivity contribution is 0.802. The Morgan fingerprint density at radius 1 is 0.286 bits per heavy atom. The molecule has 9 aromatic carbocycles. The predicted molar refractivity (Wildman–Crippen MR) is 205 cm³/mol. The molecule has 9 aromatic rings. The zero-order chi connectivity index (χ0) is 31.8. The summed E-state index contributed by atoms with van der Waals surface area (Å²) in [6.45, 7) is 0. The van der Waals surface area contributed by atoms with Crippen LogP contribution in [-0.2, 0) is 5.41 Å². The molecule has 1 spiro atoms. The van der Waals surface area contributed by atoms with Crippen LogP contribution in [-0.4, -0.2) is 0 Å². The molecular weight excluding hydrogens is 589 g/mol. The lowest BCUT2D eigenvalue weighted by Crippen LogP contribution is -2.26. The zero-order valence-electron chi connectivity index (χ0n) is 26.7. The van der Waals surface area contributed by atoms with Crippen molar-refractivity contribution in [1.82, 2.24) is 0 Å². The Hall–Kier alpha value is -6.24. The van der Waals surface area contributed by atoms with Gasteiger partial charge >= 0.3 is 0 Å². The monoisotopic (exact) mass is 616 g/mol. The molecule has 0 radical (unpaired) electrons. The van der Waals surface area contributed by atoms with Gasteiger partial charge in [-0.15, -0.1) is 0 Å². The van der Waals surface area contributed by atoms with Crippen molar-refractivity contribution in [2.45, 2.75) is 5.41 Å². The number of benzene rings is 9. The molecule has 0 unspecified atom stereocenters. The molecule has 0 bridgehead atoms. The van der Waals surface area contributed by atoms with E-state index in [0.717, 1.165) is 0 Å². The van der Waals surface area contributed by atoms with E-state index >= 15 is 0 Å².